The van der Waals surface area contributed by atoms with E-state index in [0.29, 0.717) is 0 Å². The van der Waals surface area contributed by atoms with E-state index in [1.165, 1.54) is 5.56 Å². The van der Waals surface area contributed by atoms with Crippen molar-refractivity contribution in [1.82, 2.24) is 0 Å². The fraction of sp³-hybridized carbons (Fsp3) is 0.111. The molecular formula is C9H7NO2. The molecule has 0 heterocycles. The number of fused-ring (bicyclic) bond motifs is 1. The van der Waals surface area contributed by atoms with E-state index >= 15 is 0 Å². The van der Waals surface area contributed by atoms with Crippen molar-refractivity contribution in [2.24, 2.45) is 0 Å². The zero-order valence-electron chi connectivity index (χ0n) is 6.36. The third-order valence-electron chi connectivity index (χ3n) is 2.01. The molecule has 0 saturated heterocycles. The molecule has 0 radical (unpaired) electrons. The van der Waals surface area contributed by atoms with Gasteiger partial charge in [-0.15, -0.1) is 0 Å². The summed E-state index contributed by atoms with van der Waals surface area (Å²) >= 11 is 0. The molecule has 2 rings (SSSR count). The van der Waals surface area contributed by atoms with Crippen LogP contribution < -0.4 is 0 Å². The molecule has 1 aromatic rings. The Bertz CT molecular complexity index is 369. The molecule has 0 saturated carbocycles. The van der Waals surface area contributed by atoms with Crippen LogP contribution in [0.5, 0.6) is 0 Å². The monoisotopic (exact) mass is 161 g/mol. The van der Waals surface area contributed by atoms with Crippen molar-refractivity contribution in [2.75, 3.05) is 0 Å². The predicted octanol–water partition coefficient (Wildman–Crippen LogP) is 1.86. The Morgan fingerprint density at radius 1 is 1.42 bits per heavy atom. The van der Waals surface area contributed by atoms with Gasteiger partial charge in [0.25, 0.3) is 0 Å². The summed E-state index contributed by atoms with van der Waals surface area (Å²) in [6.07, 6.45) is 1.82. The van der Waals surface area contributed by atoms with Crippen LogP contribution in [-0.2, 0) is 6.42 Å². The lowest BCUT2D eigenvalue weighted by molar-refractivity contribution is -0.401. The SMILES string of the molecule is O=[N+]([O-])/C=C1\Cc2ccccc21. The van der Waals surface area contributed by atoms with Crippen molar-refractivity contribution >= 4 is 5.57 Å². The summed E-state index contributed by atoms with van der Waals surface area (Å²) in [5.74, 6) is 0. The Balaban J connectivity index is 2.37. The Kier molecular flexibility index (Phi) is 1.43. The Morgan fingerprint density at radius 3 is 2.83 bits per heavy atom. The smallest absolute Gasteiger partial charge is 0.238 e. The van der Waals surface area contributed by atoms with E-state index in [-0.39, 0.29) is 0 Å². The van der Waals surface area contributed by atoms with Crippen LogP contribution in [0.15, 0.2) is 30.5 Å². The average Bonchev–Trinajstić information content (AvgIpc) is 2.00. The summed E-state index contributed by atoms with van der Waals surface area (Å²) in [5.41, 5.74) is 3.05. The first kappa shape index (κ1) is 7.03. The van der Waals surface area contributed by atoms with E-state index in [0.717, 1.165) is 23.8 Å². The van der Waals surface area contributed by atoms with E-state index in [9.17, 15) is 10.1 Å². The lowest BCUT2D eigenvalue weighted by Gasteiger charge is -2.19. The van der Waals surface area contributed by atoms with Crippen molar-refractivity contribution in [3.8, 4) is 0 Å². The van der Waals surface area contributed by atoms with Gasteiger partial charge in [0.1, 0.15) is 0 Å². The second-order valence-electron chi connectivity index (χ2n) is 2.77. The molecule has 12 heavy (non-hydrogen) atoms. The van der Waals surface area contributed by atoms with E-state index in [1.54, 1.807) is 0 Å². The summed E-state index contributed by atoms with van der Waals surface area (Å²) in [5, 5.41) is 10.1. The largest absolute Gasteiger partial charge is 0.259 e. The highest BCUT2D eigenvalue weighted by molar-refractivity contribution is 5.78. The van der Waals surface area contributed by atoms with Crippen molar-refractivity contribution in [3.05, 3.63) is 51.7 Å². The minimum absolute atomic E-state index is 0.398. The van der Waals surface area contributed by atoms with Gasteiger partial charge in [-0.1, -0.05) is 24.3 Å². The maximum absolute atomic E-state index is 10.1. The molecule has 0 unspecified atom stereocenters. The van der Waals surface area contributed by atoms with Crippen LogP contribution >= 0.6 is 0 Å². The predicted molar refractivity (Wildman–Crippen MR) is 45.1 cm³/mol. The maximum Gasteiger partial charge on any atom is 0.238 e. The van der Waals surface area contributed by atoms with Gasteiger partial charge < -0.3 is 0 Å². The van der Waals surface area contributed by atoms with Crippen LogP contribution in [0, 0.1) is 10.1 Å². The average molecular weight is 161 g/mol. The fourth-order valence-electron chi connectivity index (χ4n) is 1.42. The summed E-state index contributed by atoms with van der Waals surface area (Å²) in [7, 11) is 0. The number of benzene rings is 1. The summed E-state index contributed by atoms with van der Waals surface area (Å²) < 4.78 is 0. The minimum Gasteiger partial charge on any atom is -0.259 e. The topological polar surface area (TPSA) is 43.1 Å². The molecule has 3 nitrogen and oxygen atoms in total. The quantitative estimate of drug-likeness (QED) is 0.466. The van der Waals surface area contributed by atoms with E-state index < -0.39 is 4.92 Å². The standard InChI is InChI=1S/C9H7NO2/c11-10(12)6-8-5-7-3-1-2-4-9(7)8/h1-4,6H,5H2/b8-6+. The van der Waals surface area contributed by atoms with Crippen LogP contribution in [0.2, 0.25) is 0 Å². The highest BCUT2D eigenvalue weighted by Crippen LogP contribution is 2.33. The molecule has 0 atom stereocenters. The first-order valence-corrected chi connectivity index (χ1v) is 3.70. The molecule has 0 spiro atoms. The van der Waals surface area contributed by atoms with Gasteiger partial charge in [-0.2, -0.15) is 0 Å². The summed E-state index contributed by atoms with van der Waals surface area (Å²) in [4.78, 5) is 9.74. The number of hydrogen-bond donors (Lipinski definition) is 0. The van der Waals surface area contributed by atoms with Crippen LogP contribution in [0.1, 0.15) is 11.1 Å². The fourth-order valence-corrected chi connectivity index (χ4v) is 1.42. The highest BCUT2D eigenvalue weighted by Gasteiger charge is 2.20. The Labute approximate surface area is 69.5 Å². The third kappa shape index (κ3) is 0.993. The third-order valence-corrected chi connectivity index (χ3v) is 2.01. The van der Waals surface area contributed by atoms with Gasteiger partial charge >= 0.3 is 0 Å². The normalized spacial score (nSPS) is 16.8. The zero-order chi connectivity index (χ0) is 8.55. The van der Waals surface area contributed by atoms with Crippen LogP contribution in [0.4, 0.5) is 0 Å². The molecule has 0 fully saturated rings. The number of allylic oxidation sites excluding steroid dienone is 1. The summed E-state index contributed by atoms with van der Waals surface area (Å²) in [6.45, 7) is 0. The highest BCUT2D eigenvalue weighted by atomic mass is 16.6. The second kappa shape index (κ2) is 2.44. The molecule has 1 aromatic carbocycles. The van der Waals surface area contributed by atoms with Gasteiger partial charge in [-0.25, -0.2) is 0 Å². The number of rotatable bonds is 1. The lowest BCUT2D eigenvalue weighted by Crippen LogP contribution is -2.07. The van der Waals surface area contributed by atoms with Gasteiger partial charge in [0.05, 0.1) is 4.92 Å². The van der Waals surface area contributed by atoms with E-state index in [2.05, 4.69) is 0 Å². The van der Waals surface area contributed by atoms with Crippen molar-refractivity contribution < 1.29 is 4.92 Å². The molecular weight excluding hydrogens is 154 g/mol. The van der Waals surface area contributed by atoms with E-state index in [1.807, 2.05) is 24.3 Å². The van der Waals surface area contributed by atoms with Crippen LogP contribution in [0.25, 0.3) is 5.57 Å². The Hall–Kier alpha value is -1.64. The minimum atomic E-state index is -0.398. The maximum atomic E-state index is 10.1. The first-order valence-electron chi connectivity index (χ1n) is 3.70. The summed E-state index contributed by atoms with van der Waals surface area (Å²) in [6, 6.07) is 7.74. The molecule has 0 amide bonds. The molecule has 1 aliphatic rings. The van der Waals surface area contributed by atoms with Crippen LogP contribution in [-0.4, -0.2) is 4.92 Å². The number of nitrogens with zero attached hydrogens (tertiary/aromatic N) is 1. The zero-order valence-corrected chi connectivity index (χ0v) is 6.36. The number of hydrogen-bond acceptors (Lipinski definition) is 2. The number of nitro groups is 1. The molecule has 1 aliphatic carbocycles. The van der Waals surface area contributed by atoms with Crippen molar-refractivity contribution in [1.29, 1.82) is 0 Å². The molecule has 3 heteroatoms. The second-order valence-corrected chi connectivity index (χ2v) is 2.77. The lowest BCUT2D eigenvalue weighted by atomic mass is 9.84. The Morgan fingerprint density at radius 2 is 2.17 bits per heavy atom. The van der Waals surface area contributed by atoms with Crippen LogP contribution in [0.3, 0.4) is 0 Å². The van der Waals surface area contributed by atoms with Gasteiger partial charge in [-0.05, 0) is 11.1 Å². The molecule has 0 aromatic heterocycles. The molecule has 0 aliphatic heterocycles. The van der Waals surface area contributed by atoms with Crippen molar-refractivity contribution in [3.63, 3.8) is 0 Å². The van der Waals surface area contributed by atoms with Gasteiger partial charge in [-0.3, -0.25) is 10.1 Å². The van der Waals surface area contributed by atoms with Gasteiger partial charge in [0.2, 0.25) is 6.20 Å². The van der Waals surface area contributed by atoms with E-state index in [4.69, 9.17) is 0 Å². The van der Waals surface area contributed by atoms with Crippen molar-refractivity contribution in [2.45, 2.75) is 6.42 Å². The van der Waals surface area contributed by atoms with Gasteiger partial charge in [0, 0.05) is 12.0 Å². The first-order chi connectivity index (χ1) is 5.77. The van der Waals surface area contributed by atoms with Gasteiger partial charge in [0.15, 0.2) is 0 Å². The molecule has 0 bridgehead atoms. The molecule has 60 valence electrons. The molecule has 0 N–H and O–H groups in total.